The maximum absolute atomic E-state index is 10.2. The van der Waals surface area contributed by atoms with Crippen molar-refractivity contribution in [2.75, 3.05) is 25.4 Å². The van der Waals surface area contributed by atoms with Crippen LogP contribution in [0.5, 0.6) is 0 Å². The predicted octanol–water partition coefficient (Wildman–Crippen LogP) is 1.57. The molecule has 0 aliphatic carbocycles. The number of hydrogen-bond acceptors (Lipinski definition) is 4. The van der Waals surface area contributed by atoms with E-state index in [0.717, 1.165) is 43.0 Å². The molecule has 0 aliphatic rings. The van der Waals surface area contributed by atoms with Gasteiger partial charge in [-0.15, -0.1) is 0 Å². The van der Waals surface area contributed by atoms with Crippen LogP contribution in [0.1, 0.15) is 38.1 Å². The van der Waals surface area contributed by atoms with Crippen LogP contribution in [-0.2, 0) is 6.54 Å². The number of nitrogens with zero attached hydrogens (tertiary/aromatic N) is 3. The van der Waals surface area contributed by atoms with Crippen LogP contribution >= 0.6 is 0 Å². The van der Waals surface area contributed by atoms with Crippen molar-refractivity contribution in [3.8, 4) is 0 Å². The summed E-state index contributed by atoms with van der Waals surface area (Å²) in [6.07, 6.45) is 1.81. The van der Waals surface area contributed by atoms with Gasteiger partial charge in [0.2, 0.25) is 0 Å². The molecule has 1 atom stereocenters. The van der Waals surface area contributed by atoms with Crippen LogP contribution in [0.2, 0.25) is 0 Å². The van der Waals surface area contributed by atoms with Crippen LogP contribution in [0.15, 0.2) is 0 Å². The molecule has 5 heteroatoms. The highest BCUT2D eigenvalue weighted by Crippen LogP contribution is 2.15. The number of hydrogen-bond donors (Lipinski definition) is 2. The van der Waals surface area contributed by atoms with E-state index >= 15 is 0 Å². The molecule has 0 aliphatic heterocycles. The first-order chi connectivity index (χ1) is 8.99. The zero-order valence-electron chi connectivity index (χ0n) is 12.7. The van der Waals surface area contributed by atoms with E-state index in [0.29, 0.717) is 13.1 Å². The second kappa shape index (κ2) is 7.50. The average molecular weight is 268 g/mol. The number of nitrogen functional groups attached to an aromatic ring is 1. The lowest BCUT2D eigenvalue weighted by Crippen LogP contribution is -2.36. The molecule has 0 amide bonds. The first-order valence-electron chi connectivity index (χ1n) is 7.19. The summed E-state index contributed by atoms with van der Waals surface area (Å²) in [5, 5.41) is 14.6. The number of nitrogens with two attached hydrogens (primary N) is 1. The van der Waals surface area contributed by atoms with Crippen molar-refractivity contribution in [1.29, 1.82) is 0 Å². The molecule has 0 aromatic carbocycles. The highest BCUT2D eigenvalue weighted by molar-refractivity contribution is 5.46. The molecule has 19 heavy (non-hydrogen) atoms. The van der Waals surface area contributed by atoms with Crippen LogP contribution in [0.3, 0.4) is 0 Å². The number of anilines is 1. The maximum Gasteiger partial charge on any atom is 0.0862 e. The normalized spacial score (nSPS) is 13.2. The van der Waals surface area contributed by atoms with Gasteiger partial charge in [-0.25, -0.2) is 0 Å². The van der Waals surface area contributed by atoms with E-state index in [9.17, 15) is 5.11 Å². The van der Waals surface area contributed by atoms with Crippen molar-refractivity contribution < 1.29 is 5.11 Å². The molecule has 0 spiro atoms. The Morgan fingerprint density at radius 3 is 2.26 bits per heavy atom. The summed E-state index contributed by atoms with van der Waals surface area (Å²) in [4.78, 5) is 2.31. The lowest BCUT2D eigenvalue weighted by atomic mass is 10.2. The molecule has 1 aromatic rings. The summed E-state index contributed by atoms with van der Waals surface area (Å²) in [5.74, 6) is 0. The third kappa shape index (κ3) is 4.51. The van der Waals surface area contributed by atoms with Crippen LogP contribution in [-0.4, -0.2) is 45.5 Å². The monoisotopic (exact) mass is 268 g/mol. The Morgan fingerprint density at radius 1 is 1.26 bits per heavy atom. The summed E-state index contributed by atoms with van der Waals surface area (Å²) < 4.78 is 1.81. The van der Waals surface area contributed by atoms with E-state index in [-0.39, 0.29) is 0 Å². The lowest BCUT2D eigenvalue weighted by molar-refractivity contribution is 0.0941. The van der Waals surface area contributed by atoms with Gasteiger partial charge < -0.3 is 15.7 Å². The number of aliphatic hydroxyl groups excluding tert-OH is 1. The van der Waals surface area contributed by atoms with E-state index in [1.54, 1.807) is 0 Å². The minimum absolute atomic E-state index is 0.407. The lowest BCUT2D eigenvalue weighted by Gasteiger charge is -2.24. The molecule has 110 valence electrons. The number of aliphatic hydroxyl groups is 1. The highest BCUT2D eigenvalue weighted by Gasteiger charge is 2.14. The summed E-state index contributed by atoms with van der Waals surface area (Å²) >= 11 is 0. The van der Waals surface area contributed by atoms with Crippen LogP contribution in [0, 0.1) is 13.8 Å². The summed E-state index contributed by atoms with van der Waals surface area (Å²) in [5.41, 5.74) is 8.40. The van der Waals surface area contributed by atoms with Crippen molar-refractivity contribution in [2.45, 2.75) is 53.2 Å². The topological polar surface area (TPSA) is 67.3 Å². The van der Waals surface area contributed by atoms with Crippen molar-refractivity contribution in [3.05, 3.63) is 11.4 Å². The molecular formula is C14H28N4O. The third-order valence-corrected chi connectivity index (χ3v) is 3.37. The van der Waals surface area contributed by atoms with Gasteiger partial charge >= 0.3 is 0 Å². The Balaban J connectivity index is 2.58. The first kappa shape index (κ1) is 16.0. The molecule has 1 rings (SSSR count). The quantitative estimate of drug-likeness (QED) is 0.751. The maximum atomic E-state index is 10.2. The smallest absolute Gasteiger partial charge is 0.0862 e. The molecule has 1 unspecified atom stereocenters. The fourth-order valence-electron chi connectivity index (χ4n) is 2.37. The van der Waals surface area contributed by atoms with Crippen molar-refractivity contribution in [3.63, 3.8) is 0 Å². The zero-order valence-corrected chi connectivity index (χ0v) is 12.7. The van der Waals surface area contributed by atoms with Crippen molar-refractivity contribution in [1.82, 2.24) is 14.7 Å². The number of aryl methyl sites for hydroxylation is 1. The fourth-order valence-corrected chi connectivity index (χ4v) is 2.37. The van der Waals surface area contributed by atoms with E-state index in [1.807, 2.05) is 18.5 Å². The van der Waals surface area contributed by atoms with Gasteiger partial charge in [-0.2, -0.15) is 5.10 Å². The van der Waals surface area contributed by atoms with Crippen molar-refractivity contribution >= 4 is 5.69 Å². The molecule has 1 heterocycles. The Labute approximate surface area is 116 Å². The molecule has 0 saturated carbocycles. The van der Waals surface area contributed by atoms with Gasteiger partial charge in [-0.1, -0.05) is 13.8 Å². The van der Waals surface area contributed by atoms with Gasteiger partial charge in [0, 0.05) is 6.54 Å². The first-order valence-corrected chi connectivity index (χ1v) is 7.19. The van der Waals surface area contributed by atoms with E-state index in [4.69, 9.17) is 5.73 Å². The number of aromatic nitrogens is 2. The standard InChI is InChI=1S/C14H28N4O/c1-5-7-17(8-6-2)9-13(19)10-18-12(4)14(15)11(3)16-18/h13,19H,5-10,15H2,1-4H3. The molecule has 0 radical (unpaired) electrons. The average Bonchev–Trinajstić information content (AvgIpc) is 2.57. The molecular weight excluding hydrogens is 240 g/mol. The Kier molecular flexibility index (Phi) is 6.31. The second-order valence-corrected chi connectivity index (χ2v) is 5.22. The van der Waals surface area contributed by atoms with Gasteiger partial charge in [0.15, 0.2) is 0 Å². The van der Waals surface area contributed by atoms with E-state index in [2.05, 4.69) is 23.8 Å². The molecule has 0 fully saturated rings. The van der Waals surface area contributed by atoms with Gasteiger partial charge in [-0.3, -0.25) is 4.68 Å². The van der Waals surface area contributed by atoms with Gasteiger partial charge in [0.1, 0.15) is 0 Å². The Bertz CT molecular complexity index is 383. The van der Waals surface area contributed by atoms with Crippen molar-refractivity contribution in [2.24, 2.45) is 0 Å². The van der Waals surface area contributed by atoms with Gasteiger partial charge in [-0.05, 0) is 39.8 Å². The Hall–Kier alpha value is -1.07. The Morgan fingerprint density at radius 2 is 1.84 bits per heavy atom. The van der Waals surface area contributed by atoms with Crippen LogP contribution < -0.4 is 5.73 Å². The van der Waals surface area contributed by atoms with Gasteiger partial charge in [0.05, 0.1) is 29.7 Å². The SMILES string of the molecule is CCCN(CCC)CC(O)Cn1nc(C)c(N)c1C. The predicted molar refractivity (Wildman–Crippen MR) is 79.1 cm³/mol. The van der Waals surface area contributed by atoms with E-state index in [1.165, 1.54) is 0 Å². The van der Waals surface area contributed by atoms with Crippen LogP contribution in [0.25, 0.3) is 0 Å². The molecule has 5 nitrogen and oxygen atoms in total. The fraction of sp³-hybridized carbons (Fsp3) is 0.786. The zero-order chi connectivity index (χ0) is 14.4. The van der Waals surface area contributed by atoms with Crippen LogP contribution in [0.4, 0.5) is 5.69 Å². The number of rotatable bonds is 8. The minimum Gasteiger partial charge on any atom is -0.396 e. The highest BCUT2D eigenvalue weighted by atomic mass is 16.3. The largest absolute Gasteiger partial charge is 0.396 e. The summed E-state index contributed by atoms with van der Waals surface area (Å²) in [6.45, 7) is 11.4. The molecule has 3 N–H and O–H groups in total. The summed E-state index contributed by atoms with van der Waals surface area (Å²) in [7, 11) is 0. The molecule has 0 bridgehead atoms. The third-order valence-electron chi connectivity index (χ3n) is 3.37. The minimum atomic E-state index is -0.407. The second-order valence-electron chi connectivity index (χ2n) is 5.22. The van der Waals surface area contributed by atoms with E-state index < -0.39 is 6.10 Å². The van der Waals surface area contributed by atoms with Gasteiger partial charge in [0.25, 0.3) is 0 Å². The molecule has 1 aromatic heterocycles. The summed E-state index contributed by atoms with van der Waals surface area (Å²) in [6, 6.07) is 0. The molecule has 0 saturated heterocycles.